The molecule has 2 heterocycles. The van der Waals surface area contributed by atoms with Gasteiger partial charge in [0.05, 0.1) is 12.2 Å². The van der Waals surface area contributed by atoms with Gasteiger partial charge in [0.25, 0.3) is 0 Å². The molecule has 0 amide bonds. The highest BCUT2D eigenvalue weighted by Gasteiger charge is 2.25. The molecule has 3 nitrogen and oxygen atoms in total. The molecule has 2 aliphatic rings. The minimum Gasteiger partial charge on any atom is -0.462 e. The van der Waals surface area contributed by atoms with Crippen molar-refractivity contribution in [3.05, 3.63) is 11.3 Å². The van der Waals surface area contributed by atoms with Gasteiger partial charge in [-0.3, -0.25) is 0 Å². The van der Waals surface area contributed by atoms with E-state index in [1.54, 1.807) is 0 Å². The minimum absolute atomic E-state index is 0.0937. The summed E-state index contributed by atoms with van der Waals surface area (Å²) in [6, 6.07) is 0. The van der Waals surface area contributed by atoms with E-state index in [0.717, 1.165) is 25.0 Å². The van der Waals surface area contributed by atoms with Crippen LogP contribution in [-0.4, -0.2) is 31.1 Å². The lowest BCUT2D eigenvalue weighted by Gasteiger charge is -2.28. The van der Waals surface area contributed by atoms with Crippen LogP contribution in [0, 0.1) is 0 Å². The number of hydrogen-bond acceptors (Lipinski definition) is 3. The Morgan fingerprint density at radius 2 is 2.15 bits per heavy atom. The van der Waals surface area contributed by atoms with Crippen LogP contribution in [0.2, 0.25) is 0 Å². The summed E-state index contributed by atoms with van der Waals surface area (Å²) in [6.45, 7) is 1.65. The van der Waals surface area contributed by atoms with Crippen molar-refractivity contribution in [2.45, 2.75) is 25.7 Å². The SMILES string of the molecule is CN1CCCC/C1=C1/CCOC1=O. The molecule has 0 bridgehead atoms. The summed E-state index contributed by atoms with van der Waals surface area (Å²) >= 11 is 0. The predicted molar refractivity (Wildman–Crippen MR) is 49.1 cm³/mol. The van der Waals surface area contributed by atoms with Crippen LogP contribution >= 0.6 is 0 Å². The predicted octanol–water partition coefficient (Wildman–Crippen LogP) is 1.30. The van der Waals surface area contributed by atoms with Crippen LogP contribution < -0.4 is 0 Å². The monoisotopic (exact) mass is 181 g/mol. The van der Waals surface area contributed by atoms with Crippen LogP contribution in [0.4, 0.5) is 0 Å². The molecule has 3 heteroatoms. The second-order valence-corrected chi connectivity index (χ2v) is 3.69. The van der Waals surface area contributed by atoms with Gasteiger partial charge in [0.1, 0.15) is 0 Å². The van der Waals surface area contributed by atoms with Gasteiger partial charge in [-0.15, -0.1) is 0 Å². The Labute approximate surface area is 78.4 Å². The van der Waals surface area contributed by atoms with Crippen molar-refractivity contribution in [2.24, 2.45) is 0 Å². The molecule has 0 aliphatic carbocycles. The molecule has 0 aromatic carbocycles. The number of ether oxygens (including phenoxy) is 1. The fourth-order valence-corrected chi connectivity index (χ4v) is 2.05. The number of piperidine rings is 1. The molecular weight excluding hydrogens is 166 g/mol. The zero-order valence-corrected chi connectivity index (χ0v) is 8.01. The lowest BCUT2D eigenvalue weighted by atomic mass is 10.0. The van der Waals surface area contributed by atoms with Crippen LogP contribution in [0.25, 0.3) is 0 Å². The summed E-state index contributed by atoms with van der Waals surface area (Å²) in [7, 11) is 2.06. The van der Waals surface area contributed by atoms with Gasteiger partial charge in [0, 0.05) is 25.7 Å². The summed E-state index contributed by atoms with van der Waals surface area (Å²) < 4.78 is 4.94. The summed E-state index contributed by atoms with van der Waals surface area (Å²) in [6.07, 6.45) is 4.29. The van der Waals surface area contributed by atoms with E-state index >= 15 is 0 Å². The average molecular weight is 181 g/mol. The number of carbonyl (C=O) groups excluding carboxylic acids is 1. The standard InChI is InChI=1S/C10H15NO2/c1-11-6-3-2-4-9(11)8-5-7-13-10(8)12/h2-7H2,1H3/b9-8+. The Kier molecular flexibility index (Phi) is 2.25. The fourth-order valence-electron chi connectivity index (χ4n) is 2.05. The maximum Gasteiger partial charge on any atom is 0.335 e. The third-order valence-electron chi connectivity index (χ3n) is 2.80. The molecule has 2 rings (SSSR count). The third kappa shape index (κ3) is 1.55. The molecule has 0 spiro atoms. The summed E-state index contributed by atoms with van der Waals surface area (Å²) in [4.78, 5) is 13.5. The third-order valence-corrected chi connectivity index (χ3v) is 2.80. The second-order valence-electron chi connectivity index (χ2n) is 3.69. The van der Waals surface area contributed by atoms with Gasteiger partial charge in [-0.05, 0) is 19.3 Å². The smallest absolute Gasteiger partial charge is 0.335 e. The maximum atomic E-state index is 11.3. The van der Waals surface area contributed by atoms with E-state index in [-0.39, 0.29) is 5.97 Å². The number of nitrogens with zero attached hydrogens (tertiary/aromatic N) is 1. The van der Waals surface area contributed by atoms with E-state index in [4.69, 9.17) is 4.74 Å². The molecule has 0 saturated carbocycles. The molecule has 13 heavy (non-hydrogen) atoms. The second kappa shape index (κ2) is 3.40. The lowest BCUT2D eigenvalue weighted by Crippen LogP contribution is -2.25. The van der Waals surface area contributed by atoms with Crippen molar-refractivity contribution in [1.82, 2.24) is 4.90 Å². The van der Waals surface area contributed by atoms with Gasteiger partial charge in [0.15, 0.2) is 0 Å². The van der Waals surface area contributed by atoms with E-state index in [1.165, 1.54) is 18.5 Å². The number of allylic oxidation sites excluding steroid dienone is 1. The molecule has 0 aromatic heterocycles. The summed E-state index contributed by atoms with van der Waals surface area (Å²) in [5.41, 5.74) is 2.14. The van der Waals surface area contributed by atoms with Gasteiger partial charge in [0.2, 0.25) is 0 Å². The van der Waals surface area contributed by atoms with Crippen molar-refractivity contribution >= 4 is 5.97 Å². The van der Waals surface area contributed by atoms with Crippen molar-refractivity contribution in [2.75, 3.05) is 20.2 Å². The minimum atomic E-state index is -0.0937. The zero-order valence-electron chi connectivity index (χ0n) is 8.01. The van der Waals surface area contributed by atoms with Crippen molar-refractivity contribution in [1.29, 1.82) is 0 Å². The number of likely N-dealkylation sites (tertiary alicyclic amines) is 1. The highest BCUT2D eigenvalue weighted by molar-refractivity contribution is 5.91. The Bertz CT molecular complexity index is 258. The molecule has 0 aromatic rings. The van der Waals surface area contributed by atoms with E-state index in [1.807, 2.05) is 0 Å². The lowest BCUT2D eigenvalue weighted by molar-refractivity contribution is -0.135. The van der Waals surface area contributed by atoms with Gasteiger partial charge in [-0.25, -0.2) is 4.79 Å². The molecule has 2 aliphatic heterocycles. The van der Waals surface area contributed by atoms with Gasteiger partial charge in [-0.2, -0.15) is 0 Å². The Morgan fingerprint density at radius 1 is 1.31 bits per heavy atom. The normalized spacial score (nSPS) is 29.3. The summed E-state index contributed by atoms with van der Waals surface area (Å²) in [5.74, 6) is -0.0937. The summed E-state index contributed by atoms with van der Waals surface area (Å²) in [5, 5.41) is 0. The van der Waals surface area contributed by atoms with E-state index in [2.05, 4.69) is 11.9 Å². The number of cyclic esters (lactones) is 1. The first-order valence-corrected chi connectivity index (χ1v) is 4.89. The first-order chi connectivity index (χ1) is 6.29. The van der Waals surface area contributed by atoms with E-state index < -0.39 is 0 Å². The highest BCUT2D eigenvalue weighted by atomic mass is 16.5. The molecule has 0 radical (unpaired) electrons. The zero-order chi connectivity index (χ0) is 9.26. The van der Waals surface area contributed by atoms with Crippen molar-refractivity contribution in [3.8, 4) is 0 Å². The highest BCUT2D eigenvalue weighted by Crippen LogP contribution is 2.26. The fraction of sp³-hybridized carbons (Fsp3) is 0.700. The molecule has 0 unspecified atom stereocenters. The average Bonchev–Trinajstić information content (AvgIpc) is 2.52. The molecule has 0 atom stereocenters. The largest absolute Gasteiger partial charge is 0.462 e. The quantitative estimate of drug-likeness (QED) is 0.417. The van der Waals surface area contributed by atoms with E-state index in [0.29, 0.717) is 6.61 Å². The van der Waals surface area contributed by atoms with Crippen molar-refractivity contribution in [3.63, 3.8) is 0 Å². The topological polar surface area (TPSA) is 29.5 Å². The van der Waals surface area contributed by atoms with Gasteiger partial charge >= 0.3 is 5.97 Å². The number of esters is 1. The van der Waals surface area contributed by atoms with Crippen molar-refractivity contribution < 1.29 is 9.53 Å². The Morgan fingerprint density at radius 3 is 2.77 bits per heavy atom. The number of hydrogen-bond donors (Lipinski definition) is 0. The molecular formula is C10H15NO2. The molecule has 2 fully saturated rings. The van der Waals surface area contributed by atoms with Crippen LogP contribution in [0.5, 0.6) is 0 Å². The van der Waals surface area contributed by atoms with Crippen LogP contribution in [-0.2, 0) is 9.53 Å². The molecule has 72 valence electrons. The maximum absolute atomic E-state index is 11.3. The van der Waals surface area contributed by atoms with Crippen LogP contribution in [0.3, 0.4) is 0 Å². The first-order valence-electron chi connectivity index (χ1n) is 4.89. The Balaban J connectivity index is 2.24. The number of carbonyl (C=O) groups is 1. The Hall–Kier alpha value is -0.990. The van der Waals surface area contributed by atoms with Gasteiger partial charge in [-0.1, -0.05) is 0 Å². The first kappa shape index (κ1) is 8.60. The van der Waals surface area contributed by atoms with E-state index in [9.17, 15) is 4.79 Å². The number of rotatable bonds is 0. The molecule has 2 saturated heterocycles. The molecule has 0 N–H and O–H groups in total. The van der Waals surface area contributed by atoms with Gasteiger partial charge < -0.3 is 9.64 Å². The van der Waals surface area contributed by atoms with Crippen LogP contribution in [0.15, 0.2) is 11.3 Å². The van der Waals surface area contributed by atoms with Crippen LogP contribution in [0.1, 0.15) is 25.7 Å².